The summed E-state index contributed by atoms with van der Waals surface area (Å²) in [5.41, 5.74) is 4.23. The Morgan fingerprint density at radius 2 is 2.00 bits per heavy atom. The smallest absolute Gasteiger partial charge is 0.0294 e. The number of rotatable bonds is 4. The molecule has 0 aromatic heterocycles. The van der Waals surface area contributed by atoms with Crippen LogP contribution >= 0.6 is 0 Å². The van der Waals surface area contributed by atoms with Gasteiger partial charge >= 0.3 is 0 Å². The van der Waals surface area contributed by atoms with Crippen molar-refractivity contribution in [1.82, 2.24) is 5.32 Å². The second-order valence-corrected chi connectivity index (χ2v) is 3.96. The highest BCUT2D eigenvalue weighted by molar-refractivity contribution is 5.34. The average molecular weight is 191 g/mol. The Bertz CT molecular complexity index is 291. The Morgan fingerprint density at radius 3 is 2.64 bits per heavy atom. The van der Waals surface area contributed by atoms with Crippen LogP contribution in [-0.2, 0) is 0 Å². The van der Waals surface area contributed by atoms with Gasteiger partial charge < -0.3 is 5.32 Å². The summed E-state index contributed by atoms with van der Waals surface area (Å²) >= 11 is 0. The predicted molar refractivity (Wildman–Crippen MR) is 62.6 cm³/mol. The molecule has 1 unspecified atom stereocenters. The molecule has 1 rings (SSSR count). The lowest BCUT2D eigenvalue weighted by Gasteiger charge is -2.17. The SMILES string of the molecule is CCCNC(C)c1cccc(C)c1C. The van der Waals surface area contributed by atoms with Crippen molar-refractivity contribution >= 4 is 0 Å². The highest BCUT2D eigenvalue weighted by Crippen LogP contribution is 2.19. The van der Waals surface area contributed by atoms with Crippen LogP contribution in [0.2, 0.25) is 0 Å². The van der Waals surface area contributed by atoms with Crippen molar-refractivity contribution in [3.05, 3.63) is 34.9 Å². The molecule has 0 saturated heterocycles. The van der Waals surface area contributed by atoms with Crippen molar-refractivity contribution in [3.63, 3.8) is 0 Å². The van der Waals surface area contributed by atoms with Crippen LogP contribution in [0.1, 0.15) is 43.0 Å². The van der Waals surface area contributed by atoms with E-state index >= 15 is 0 Å². The number of hydrogen-bond donors (Lipinski definition) is 1. The molecule has 1 aromatic carbocycles. The molecule has 0 amide bonds. The molecule has 0 aliphatic carbocycles. The summed E-state index contributed by atoms with van der Waals surface area (Å²) in [5, 5.41) is 3.52. The summed E-state index contributed by atoms with van der Waals surface area (Å²) in [5.74, 6) is 0. The van der Waals surface area contributed by atoms with Gasteiger partial charge in [-0.25, -0.2) is 0 Å². The Hall–Kier alpha value is -0.820. The molecule has 1 atom stereocenters. The Balaban J connectivity index is 2.79. The fourth-order valence-corrected chi connectivity index (χ4v) is 1.71. The quantitative estimate of drug-likeness (QED) is 0.769. The van der Waals surface area contributed by atoms with Crippen molar-refractivity contribution in [2.75, 3.05) is 6.54 Å². The summed E-state index contributed by atoms with van der Waals surface area (Å²) in [7, 11) is 0. The van der Waals surface area contributed by atoms with Gasteiger partial charge in [-0.1, -0.05) is 25.1 Å². The lowest BCUT2D eigenvalue weighted by atomic mass is 9.98. The van der Waals surface area contributed by atoms with E-state index in [9.17, 15) is 0 Å². The van der Waals surface area contributed by atoms with Gasteiger partial charge in [-0.05, 0) is 50.4 Å². The van der Waals surface area contributed by atoms with Gasteiger partial charge in [-0.15, -0.1) is 0 Å². The first kappa shape index (κ1) is 11.3. The first-order valence-corrected chi connectivity index (χ1v) is 5.46. The second-order valence-electron chi connectivity index (χ2n) is 3.96. The van der Waals surface area contributed by atoms with Crippen LogP contribution in [0, 0.1) is 13.8 Å². The predicted octanol–water partition coefficient (Wildman–Crippen LogP) is 3.36. The van der Waals surface area contributed by atoms with Crippen LogP contribution in [0.15, 0.2) is 18.2 Å². The zero-order valence-corrected chi connectivity index (χ0v) is 9.72. The van der Waals surface area contributed by atoms with Crippen molar-refractivity contribution < 1.29 is 0 Å². The fourth-order valence-electron chi connectivity index (χ4n) is 1.71. The van der Waals surface area contributed by atoms with Crippen molar-refractivity contribution in [2.24, 2.45) is 0 Å². The Kier molecular flexibility index (Phi) is 4.15. The normalized spacial score (nSPS) is 12.9. The van der Waals surface area contributed by atoms with Crippen molar-refractivity contribution in [3.8, 4) is 0 Å². The van der Waals surface area contributed by atoms with Crippen molar-refractivity contribution in [2.45, 2.75) is 40.2 Å². The molecule has 1 nitrogen and oxygen atoms in total. The lowest BCUT2D eigenvalue weighted by Crippen LogP contribution is -2.20. The lowest BCUT2D eigenvalue weighted by molar-refractivity contribution is 0.568. The first-order valence-electron chi connectivity index (χ1n) is 5.46. The van der Waals surface area contributed by atoms with Crippen LogP contribution in [0.4, 0.5) is 0 Å². The summed E-state index contributed by atoms with van der Waals surface area (Å²) < 4.78 is 0. The molecular formula is C13H21N. The van der Waals surface area contributed by atoms with Gasteiger partial charge in [0.15, 0.2) is 0 Å². The van der Waals surface area contributed by atoms with Crippen LogP contribution in [0.25, 0.3) is 0 Å². The largest absolute Gasteiger partial charge is 0.310 e. The van der Waals surface area contributed by atoms with Crippen LogP contribution in [-0.4, -0.2) is 6.54 Å². The van der Waals surface area contributed by atoms with Crippen molar-refractivity contribution in [1.29, 1.82) is 0 Å². The second kappa shape index (κ2) is 5.16. The van der Waals surface area contributed by atoms with E-state index in [4.69, 9.17) is 0 Å². The topological polar surface area (TPSA) is 12.0 Å². The van der Waals surface area contributed by atoms with Gasteiger partial charge in [0, 0.05) is 6.04 Å². The molecule has 0 saturated carbocycles. The minimum atomic E-state index is 0.467. The summed E-state index contributed by atoms with van der Waals surface area (Å²) in [6.45, 7) is 9.90. The third-order valence-corrected chi connectivity index (χ3v) is 2.81. The highest BCUT2D eigenvalue weighted by Gasteiger charge is 2.07. The monoisotopic (exact) mass is 191 g/mol. The molecule has 0 fully saturated rings. The maximum Gasteiger partial charge on any atom is 0.0294 e. The maximum absolute atomic E-state index is 3.52. The van der Waals surface area contributed by atoms with E-state index in [-0.39, 0.29) is 0 Å². The Morgan fingerprint density at radius 1 is 1.29 bits per heavy atom. The maximum atomic E-state index is 3.52. The van der Waals surface area contributed by atoms with Crippen LogP contribution < -0.4 is 5.32 Å². The van der Waals surface area contributed by atoms with E-state index in [0.29, 0.717) is 6.04 Å². The zero-order valence-electron chi connectivity index (χ0n) is 9.72. The molecule has 1 N–H and O–H groups in total. The van der Waals surface area contributed by atoms with Gasteiger partial charge in [0.25, 0.3) is 0 Å². The molecule has 1 aromatic rings. The van der Waals surface area contributed by atoms with E-state index in [1.807, 2.05) is 0 Å². The summed E-state index contributed by atoms with van der Waals surface area (Å²) in [4.78, 5) is 0. The van der Waals surface area contributed by atoms with E-state index in [0.717, 1.165) is 6.54 Å². The fraction of sp³-hybridized carbons (Fsp3) is 0.538. The van der Waals surface area contributed by atoms with E-state index in [1.165, 1.54) is 23.1 Å². The van der Waals surface area contributed by atoms with Gasteiger partial charge in [0.05, 0.1) is 0 Å². The summed E-state index contributed by atoms with van der Waals surface area (Å²) in [6.07, 6.45) is 1.19. The number of hydrogen-bond acceptors (Lipinski definition) is 1. The first-order chi connectivity index (χ1) is 6.66. The number of nitrogens with one attached hydrogen (secondary N) is 1. The minimum absolute atomic E-state index is 0.467. The molecule has 0 heterocycles. The third kappa shape index (κ3) is 2.58. The molecule has 78 valence electrons. The zero-order chi connectivity index (χ0) is 10.6. The van der Waals surface area contributed by atoms with E-state index in [1.54, 1.807) is 0 Å². The molecule has 0 radical (unpaired) electrons. The van der Waals surface area contributed by atoms with Crippen LogP contribution in [0.3, 0.4) is 0 Å². The molecular weight excluding hydrogens is 170 g/mol. The van der Waals surface area contributed by atoms with Gasteiger partial charge in [-0.2, -0.15) is 0 Å². The molecule has 0 aliphatic heterocycles. The Labute approximate surface area is 87.5 Å². The number of benzene rings is 1. The van der Waals surface area contributed by atoms with E-state index < -0.39 is 0 Å². The summed E-state index contributed by atoms with van der Waals surface area (Å²) in [6, 6.07) is 7.00. The van der Waals surface area contributed by atoms with Crippen LogP contribution in [0.5, 0.6) is 0 Å². The van der Waals surface area contributed by atoms with Gasteiger partial charge in [0.1, 0.15) is 0 Å². The molecule has 0 bridgehead atoms. The van der Waals surface area contributed by atoms with Gasteiger partial charge in [0.2, 0.25) is 0 Å². The average Bonchev–Trinajstić information content (AvgIpc) is 2.18. The number of aryl methyl sites for hydroxylation is 1. The van der Waals surface area contributed by atoms with E-state index in [2.05, 4.69) is 51.2 Å². The molecule has 0 aliphatic rings. The highest BCUT2D eigenvalue weighted by atomic mass is 14.9. The third-order valence-electron chi connectivity index (χ3n) is 2.81. The van der Waals surface area contributed by atoms with Gasteiger partial charge in [-0.3, -0.25) is 0 Å². The minimum Gasteiger partial charge on any atom is -0.310 e. The molecule has 0 spiro atoms. The molecule has 14 heavy (non-hydrogen) atoms. The molecule has 1 heteroatoms. The standard InChI is InChI=1S/C13H21N/c1-5-9-14-12(4)13-8-6-7-10(2)11(13)3/h6-8,12,14H,5,9H2,1-4H3.